The molecule has 0 spiro atoms. The molecule has 4 unspecified atom stereocenters. The van der Waals surface area contributed by atoms with Gasteiger partial charge >= 0.3 is 0 Å². The van der Waals surface area contributed by atoms with E-state index in [4.69, 9.17) is 10.00 Å². The fraction of sp³-hybridized carbons (Fsp3) is 0.909. The van der Waals surface area contributed by atoms with Crippen molar-refractivity contribution < 1.29 is 13.2 Å². The van der Waals surface area contributed by atoms with Gasteiger partial charge in [0, 0.05) is 6.61 Å². The molecule has 90 valence electrons. The van der Waals surface area contributed by atoms with Gasteiger partial charge < -0.3 is 4.74 Å². The van der Waals surface area contributed by atoms with E-state index in [1.807, 2.05) is 6.92 Å². The average molecular weight is 243 g/mol. The van der Waals surface area contributed by atoms with E-state index >= 15 is 0 Å². The summed E-state index contributed by atoms with van der Waals surface area (Å²) in [6, 6.07) is 2.14. The molecule has 4 atom stereocenters. The third kappa shape index (κ3) is 1.85. The second-order valence-electron chi connectivity index (χ2n) is 4.70. The molecule has 0 aromatic rings. The number of ether oxygens (including phenoxy) is 1. The van der Waals surface area contributed by atoms with E-state index in [1.165, 1.54) is 0 Å². The molecule has 0 aromatic heterocycles. The van der Waals surface area contributed by atoms with Crippen LogP contribution < -0.4 is 0 Å². The highest BCUT2D eigenvalue weighted by Gasteiger charge is 2.45. The minimum Gasteiger partial charge on any atom is -0.377 e. The summed E-state index contributed by atoms with van der Waals surface area (Å²) in [6.07, 6.45) is 2.58. The molecule has 1 heterocycles. The molecule has 1 aliphatic heterocycles. The number of rotatable bonds is 2. The third-order valence-corrected chi connectivity index (χ3v) is 6.64. The number of nitrogens with zero attached hydrogens (tertiary/aromatic N) is 1. The predicted octanol–water partition coefficient (Wildman–Crippen LogP) is 1.27. The minimum atomic E-state index is -3.20. The summed E-state index contributed by atoms with van der Waals surface area (Å²) in [5, 5.41) is 8.11. The van der Waals surface area contributed by atoms with Crippen molar-refractivity contribution in [1.82, 2.24) is 0 Å². The van der Waals surface area contributed by atoms with Gasteiger partial charge in [0.2, 0.25) is 0 Å². The first-order valence-electron chi connectivity index (χ1n) is 5.81. The summed E-state index contributed by atoms with van der Waals surface area (Å²) in [7, 11) is -3.20. The average Bonchev–Trinajstić information content (AvgIpc) is 2.85. The molecule has 5 heteroatoms. The summed E-state index contributed by atoms with van der Waals surface area (Å²) < 4.78 is 30.1. The van der Waals surface area contributed by atoms with Crippen molar-refractivity contribution in [3.63, 3.8) is 0 Å². The predicted molar refractivity (Wildman–Crippen MR) is 59.5 cm³/mol. The molecule has 2 fully saturated rings. The van der Waals surface area contributed by atoms with Crippen LogP contribution in [0.1, 0.15) is 32.6 Å². The van der Waals surface area contributed by atoms with Crippen LogP contribution in [0.4, 0.5) is 0 Å². The monoisotopic (exact) mass is 243 g/mol. The van der Waals surface area contributed by atoms with Gasteiger partial charge in [0.25, 0.3) is 0 Å². The lowest BCUT2D eigenvalue weighted by molar-refractivity contribution is 0.126. The van der Waals surface area contributed by atoms with E-state index in [0.717, 1.165) is 12.8 Å². The van der Waals surface area contributed by atoms with Crippen molar-refractivity contribution in [2.24, 2.45) is 5.92 Å². The van der Waals surface area contributed by atoms with E-state index in [9.17, 15) is 8.42 Å². The van der Waals surface area contributed by atoms with Gasteiger partial charge in [-0.05, 0) is 26.2 Å². The molecule has 0 aromatic carbocycles. The molecule has 2 rings (SSSR count). The van der Waals surface area contributed by atoms with Gasteiger partial charge in [0.05, 0.1) is 28.6 Å². The quantitative estimate of drug-likeness (QED) is 0.732. The Labute approximate surface area is 96.5 Å². The molecule has 16 heavy (non-hydrogen) atoms. The van der Waals surface area contributed by atoms with Crippen LogP contribution in [0.2, 0.25) is 0 Å². The van der Waals surface area contributed by atoms with Gasteiger partial charge in [-0.3, -0.25) is 0 Å². The Bertz CT molecular complexity index is 398. The maximum absolute atomic E-state index is 12.4. The Hall–Kier alpha value is -0.600. The summed E-state index contributed by atoms with van der Waals surface area (Å²) in [5.74, 6) is -0.308. The van der Waals surface area contributed by atoms with Crippen molar-refractivity contribution in [2.45, 2.75) is 49.2 Å². The number of hydrogen-bond donors (Lipinski definition) is 0. The van der Waals surface area contributed by atoms with Crippen LogP contribution in [-0.4, -0.2) is 31.6 Å². The Morgan fingerprint density at radius 1 is 1.25 bits per heavy atom. The molecular weight excluding hydrogens is 226 g/mol. The SMILES string of the molecule is CC1OCCC1S(=O)(=O)C1CCCC1C#N. The molecule has 1 saturated carbocycles. The van der Waals surface area contributed by atoms with Gasteiger partial charge in [-0.1, -0.05) is 6.42 Å². The molecule has 4 nitrogen and oxygen atoms in total. The second-order valence-corrected chi connectivity index (χ2v) is 7.09. The minimum absolute atomic E-state index is 0.218. The third-order valence-electron chi connectivity index (χ3n) is 3.77. The first kappa shape index (κ1) is 11.9. The van der Waals surface area contributed by atoms with E-state index in [2.05, 4.69) is 6.07 Å². The zero-order valence-electron chi connectivity index (χ0n) is 9.43. The second kappa shape index (κ2) is 4.34. The first-order valence-corrected chi connectivity index (χ1v) is 7.42. The number of nitriles is 1. The van der Waals surface area contributed by atoms with Crippen LogP contribution in [-0.2, 0) is 14.6 Å². The largest absolute Gasteiger partial charge is 0.377 e. The van der Waals surface area contributed by atoms with Crippen LogP contribution in [0.3, 0.4) is 0 Å². The lowest BCUT2D eigenvalue weighted by Crippen LogP contribution is -2.37. The highest BCUT2D eigenvalue weighted by molar-refractivity contribution is 7.92. The smallest absolute Gasteiger partial charge is 0.159 e. The summed E-state index contributed by atoms with van der Waals surface area (Å²) in [6.45, 7) is 2.33. The summed E-state index contributed by atoms with van der Waals surface area (Å²) >= 11 is 0. The molecule has 1 aliphatic carbocycles. The fourth-order valence-corrected chi connectivity index (χ4v) is 5.47. The van der Waals surface area contributed by atoms with Crippen LogP contribution in [0.25, 0.3) is 0 Å². The maximum Gasteiger partial charge on any atom is 0.159 e. The van der Waals surface area contributed by atoms with Gasteiger partial charge in [0.1, 0.15) is 0 Å². The Morgan fingerprint density at radius 3 is 2.56 bits per heavy atom. The summed E-state index contributed by atoms with van der Waals surface area (Å²) in [4.78, 5) is 0. The zero-order valence-corrected chi connectivity index (χ0v) is 10.2. The Morgan fingerprint density at radius 2 is 2.00 bits per heavy atom. The van der Waals surface area contributed by atoms with Crippen molar-refractivity contribution in [3.8, 4) is 6.07 Å². The van der Waals surface area contributed by atoms with E-state index in [-0.39, 0.29) is 12.0 Å². The number of hydrogen-bond acceptors (Lipinski definition) is 4. The standard InChI is InChI=1S/C11H17NO3S/c1-8-10(5-6-15-8)16(13,14)11-4-2-3-9(11)7-12/h8-11H,2-6H2,1H3. The van der Waals surface area contributed by atoms with E-state index in [1.54, 1.807) is 0 Å². The highest BCUT2D eigenvalue weighted by Crippen LogP contribution is 2.35. The van der Waals surface area contributed by atoms with Crippen molar-refractivity contribution in [1.29, 1.82) is 5.26 Å². The molecule has 1 saturated heterocycles. The Balaban J connectivity index is 2.22. The van der Waals surface area contributed by atoms with Crippen LogP contribution in [0.5, 0.6) is 0 Å². The lowest BCUT2D eigenvalue weighted by atomic mass is 10.1. The molecule has 0 N–H and O–H groups in total. The van der Waals surface area contributed by atoms with Crippen LogP contribution >= 0.6 is 0 Å². The molecular formula is C11H17NO3S. The van der Waals surface area contributed by atoms with E-state index in [0.29, 0.717) is 19.4 Å². The van der Waals surface area contributed by atoms with Crippen molar-refractivity contribution >= 4 is 9.84 Å². The van der Waals surface area contributed by atoms with Gasteiger partial charge in [0.15, 0.2) is 9.84 Å². The van der Waals surface area contributed by atoms with Gasteiger partial charge in [-0.2, -0.15) is 5.26 Å². The van der Waals surface area contributed by atoms with Gasteiger partial charge in [-0.15, -0.1) is 0 Å². The molecule has 0 amide bonds. The van der Waals surface area contributed by atoms with Gasteiger partial charge in [-0.25, -0.2) is 8.42 Å². The van der Waals surface area contributed by atoms with Crippen molar-refractivity contribution in [2.75, 3.05) is 6.61 Å². The maximum atomic E-state index is 12.4. The topological polar surface area (TPSA) is 67.2 Å². The van der Waals surface area contributed by atoms with E-state index < -0.39 is 20.3 Å². The molecule has 0 radical (unpaired) electrons. The van der Waals surface area contributed by atoms with Crippen LogP contribution in [0.15, 0.2) is 0 Å². The summed E-state index contributed by atoms with van der Waals surface area (Å²) in [5.41, 5.74) is 0. The molecule has 0 bridgehead atoms. The fourth-order valence-electron chi connectivity index (χ4n) is 2.83. The first-order chi connectivity index (χ1) is 7.57. The highest BCUT2D eigenvalue weighted by atomic mass is 32.2. The molecule has 2 aliphatic rings. The number of sulfone groups is 1. The van der Waals surface area contributed by atoms with Crippen LogP contribution in [0, 0.1) is 17.2 Å². The zero-order chi connectivity index (χ0) is 11.8. The Kier molecular flexibility index (Phi) is 3.22. The normalized spacial score (nSPS) is 39.8. The van der Waals surface area contributed by atoms with Crippen molar-refractivity contribution in [3.05, 3.63) is 0 Å². The lowest BCUT2D eigenvalue weighted by Gasteiger charge is -2.21.